The summed E-state index contributed by atoms with van der Waals surface area (Å²) in [7, 11) is 0. The van der Waals surface area contributed by atoms with Crippen LogP contribution in [0.4, 0.5) is 4.39 Å². The van der Waals surface area contributed by atoms with Crippen LogP contribution in [0.15, 0.2) is 36.5 Å². The summed E-state index contributed by atoms with van der Waals surface area (Å²) in [6.07, 6.45) is 5.97. The summed E-state index contributed by atoms with van der Waals surface area (Å²) in [5, 5.41) is 10.00. The Balaban J connectivity index is 1.31. The minimum atomic E-state index is -0.443. The number of aromatic nitrogens is 3. The molecular formula is C26H28FN5O3. The molecule has 2 aliphatic rings. The zero-order chi connectivity index (χ0) is 24.8. The maximum absolute atomic E-state index is 13.5. The maximum Gasteiger partial charge on any atom is 0.270 e. The number of aryl methyl sites for hydroxylation is 1. The summed E-state index contributed by atoms with van der Waals surface area (Å²) in [6.45, 7) is 4.03. The van der Waals surface area contributed by atoms with E-state index in [1.54, 1.807) is 32.0 Å². The molecule has 2 aromatic heterocycles. The maximum atomic E-state index is 13.5. The number of amides is 2. The van der Waals surface area contributed by atoms with Gasteiger partial charge < -0.3 is 10.6 Å². The summed E-state index contributed by atoms with van der Waals surface area (Å²) in [6, 6.07) is 7.71. The third kappa shape index (κ3) is 4.19. The number of hydrogen-bond acceptors (Lipinski definition) is 5. The van der Waals surface area contributed by atoms with Crippen molar-refractivity contribution in [3.63, 3.8) is 0 Å². The molecule has 0 radical (unpaired) electrons. The van der Waals surface area contributed by atoms with Crippen LogP contribution in [0.3, 0.4) is 0 Å². The summed E-state index contributed by atoms with van der Waals surface area (Å²) >= 11 is 0. The smallest absolute Gasteiger partial charge is 0.270 e. The Hall–Kier alpha value is -3.62. The van der Waals surface area contributed by atoms with Gasteiger partial charge >= 0.3 is 0 Å². The molecule has 0 unspecified atom stereocenters. The highest BCUT2D eigenvalue weighted by Crippen LogP contribution is 2.61. The number of Topliss-reactive ketones (excluding diaryl/α,β-unsaturated/α-hetero) is 1. The number of carbonyl (C=O) groups is 3. The lowest BCUT2D eigenvalue weighted by Gasteiger charge is -2.27. The van der Waals surface area contributed by atoms with Crippen LogP contribution in [0.1, 0.15) is 71.1 Å². The van der Waals surface area contributed by atoms with Gasteiger partial charge in [0.15, 0.2) is 5.65 Å². The van der Waals surface area contributed by atoms with E-state index >= 15 is 0 Å². The van der Waals surface area contributed by atoms with E-state index in [1.165, 1.54) is 22.8 Å². The van der Waals surface area contributed by atoms with Crippen LogP contribution in [0, 0.1) is 23.6 Å². The predicted octanol–water partition coefficient (Wildman–Crippen LogP) is 3.38. The van der Waals surface area contributed by atoms with E-state index < -0.39 is 5.91 Å². The Morgan fingerprint density at radius 2 is 1.83 bits per heavy atom. The van der Waals surface area contributed by atoms with Crippen molar-refractivity contribution in [1.82, 2.24) is 25.2 Å². The Labute approximate surface area is 202 Å². The van der Waals surface area contributed by atoms with Crippen LogP contribution in [0.25, 0.3) is 5.65 Å². The molecule has 0 atom stereocenters. The van der Waals surface area contributed by atoms with Gasteiger partial charge in [-0.3, -0.25) is 14.4 Å². The van der Waals surface area contributed by atoms with Crippen molar-refractivity contribution in [3.05, 3.63) is 64.9 Å². The average molecular weight is 478 g/mol. The number of fused-ring (bicyclic) bond motifs is 3. The van der Waals surface area contributed by atoms with Crippen LogP contribution in [-0.2, 0) is 11.3 Å². The first-order valence-corrected chi connectivity index (χ1v) is 11.9. The zero-order valence-electron chi connectivity index (χ0n) is 19.9. The largest absolute Gasteiger partial charge is 0.350 e. The first-order valence-electron chi connectivity index (χ1n) is 11.9. The number of carbonyl (C=O) groups excluding carboxylic acids is 3. The van der Waals surface area contributed by atoms with Crippen molar-refractivity contribution in [2.75, 3.05) is 6.54 Å². The molecule has 2 aliphatic carbocycles. The molecule has 2 N–H and O–H groups in total. The zero-order valence-corrected chi connectivity index (χ0v) is 19.9. The van der Waals surface area contributed by atoms with Gasteiger partial charge in [0.25, 0.3) is 11.8 Å². The van der Waals surface area contributed by atoms with Gasteiger partial charge in [-0.2, -0.15) is 5.10 Å². The van der Waals surface area contributed by atoms with Gasteiger partial charge in [0.2, 0.25) is 0 Å². The van der Waals surface area contributed by atoms with Crippen molar-refractivity contribution in [1.29, 1.82) is 0 Å². The molecule has 0 saturated heterocycles. The summed E-state index contributed by atoms with van der Waals surface area (Å²) in [5.74, 6) is -0.834. The number of ketones is 1. The fraction of sp³-hybridized carbons (Fsp3) is 0.423. The lowest BCUT2D eigenvalue weighted by molar-refractivity contribution is -0.126. The molecule has 9 heteroatoms. The van der Waals surface area contributed by atoms with Gasteiger partial charge in [-0.15, -0.1) is 0 Å². The van der Waals surface area contributed by atoms with Crippen molar-refractivity contribution >= 4 is 23.2 Å². The fourth-order valence-corrected chi connectivity index (χ4v) is 5.69. The van der Waals surface area contributed by atoms with Crippen LogP contribution in [0.2, 0.25) is 0 Å². The molecule has 5 rings (SSSR count). The monoisotopic (exact) mass is 477 g/mol. The Bertz CT molecular complexity index is 1340. The lowest BCUT2D eigenvalue weighted by atomic mass is 9.80. The quantitative estimate of drug-likeness (QED) is 0.543. The molecule has 182 valence electrons. The molecule has 2 heterocycles. The van der Waals surface area contributed by atoms with E-state index in [0.717, 1.165) is 37.7 Å². The molecule has 3 aromatic rings. The Kier molecular flexibility index (Phi) is 5.65. The van der Waals surface area contributed by atoms with Gasteiger partial charge in [0.1, 0.15) is 23.0 Å². The van der Waals surface area contributed by atoms with Crippen LogP contribution in [0.5, 0.6) is 0 Å². The molecule has 0 spiro atoms. The molecule has 2 bridgehead atoms. The average Bonchev–Trinajstić information content (AvgIpc) is 3.57. The number of nitrogens with one attached hydrogen (secondary N) is 2. The van der Waals surface area contributed by atoms with Gasteiger partial charge in [0.05, 0.1) is 6.20 Å². The van der Waals surface area contributed by atoms with Gasteiger partial charge in [-0.25, -0.2) is 13.9 Å². The topological polar surface area (TPSA) is 105 Å². The molecule has 1 aromatic carbocycles. The van der Waals surface area contributed by atoms with Gasteiger partial charge in [0, 0.05) is 30.6 Å². The van der Waals surface area contributed by atoms with Crippen LogP contribution >= 0.6 is 0 Å². The summed E-state index contributed by atoms with van der Waals surface area (Å²) < 4.78 is 14.9. The number of nitrogens with zero attached hydrogens (tertiary/aromatic N) is 3. The van der Waals surface area contributed by atoms with Gasteiger partial charge in [-0.1, -0.05) is 12.1 Å². The van der Waals surface area contributed by atoms with E-state index in [-0.39, 0.29) is 46.3 Å². The molecule has 2 saturated carbocycles. The van der Waals surface area contributed by atoms with E-state index in [2.05, 4.69) is 20.7 Å². The summed E-state index contributed by atoms with van der Waals surface area (Å²) in [5.41, 5.74) is 1.69. The second-order valence-corrected chi connectivity index (χ2v) is 10.1. The SMILES string of the molecule is CC(=O)C12CCC(CNC(=O)c3cc(C(=O)NCc4ccc(F)c(C)c4)nc4ccnn34)(CC1)C2. The normalized spacial score (nSPS) is 22.9. The molecular weight excluding hydrogens is 449 g/mol. The van der Waals surface area contributed by atoms with Crippen molar-refractivity contribution < 1.29 is 18.8 Å². The number of hydrogen-bond donors (Lipinski definition) is 2. The number of halogens is 1. The fourth-order valence-electron chi connectivity index (χ4n) is 5.69. The highest BCUT2D eigenvalue weighted by molar-refractivity contribution is 5.98. The third-order valence-corrected chi connectivity index (χ3v) is 7.85. The lowest BCUT2D eigenvalue weighted by Crippen LogP contribution is -2.36. The minimum absolute atomic E-state index is 0.0505. The van der Waals surface area contributed by atoms with E-state index in [9.17, 15) is 18.8 Å². The minimum Gasteiger partial charge on any atom is -0.350 e. The number of benzene rings is 1. The second-order valence-electron chi connectivity index (χ2n) is 10.1. The Morgan fingerprint density at radius 3 is 2.51 bits per heavy atom. The number of rotatable bonds is 7. The second kappa shape index (κ2) is 8.55. The molecule has 2 amide bonds. The van der Waals surface area contributed by atoms with E-state index in [1.807, 2.05) is 0 Å². The molecule has 8 nitrogen and oxygen atoms in total. The first-order chi connectivity index (χ1) is 16.7. The van der Waals surface area contributed by atoms with Crippen LogP contribution in [-0.4, -0.2) is 38.7 Å². The Morgan fingerprint density at radius 1 is 1.06 bits per heavy atom. The standard InChI is InChI=1S/C26H28FN5O3/c1-16-11-18(3-4-19(16)27)13-28-23(34)20-12-21(32-22(31-20)5-10-30-32)24(35)29-15-25-6-8-26(14-25,9-7-25)17(2)33/h3-5,10-12H,6-9,13-15H2,1-2H3,(H,28,34)(H,29,35). The van der Waals surface area contributed by atoms with Crippen LogP contribution < -0.4 is 10.6 Å². The van der Waals surface area contributed by atoms with Gasteiger partial charge in [-0.05, 0) is 68.6 Å². The van der Waals surface area contributed by atoms with Crippen molar-refractivity contribution in [2.24, 2.45) is 10.8 Å². The third-order valence-electron chi connectivity index (χ3n) is 7.85. The highest BCUT2D eigenvalue weighted by Gasteiger charge is 2.56. The highest BCUT2D eigenvalue weighted by atomic mass is 19.1. The summed E-state index contributed by atoms with van der Waals surface area (Å²) in [4.78, 5) is 42.5. The predicted molar refractivity (Wildman–Crippen MR) is 126 cm³/mol. The molecule has 0 aliphatic heterocycles. The van der Waals surface area contributed by atoms with Crippen molar-refractivity contribution in [2.45, 2.75) is 52.5 Å². The van der Waals surface area contributed by atoms with E-state index in [4.69, 9.17) is 0 Å². The van der Waals surface area contributed by atoms with Crippen molar-refractivity contribution in [3.8, 4) is 0 Å². The molecule has 35 heavy (non-hydrogen) atoms. The first kappa shape index (κ1) is 23.1. The van der Waals surface area contributed by atoms with E-state index in [0.29, 0.717) is 17.8 Å². The molecule has 2 fully saturated rings.